The van der Waals surface area contributed by atoms with Crippen molar-refractivity contribution in [3.63, 3.8) is 0 Å². The predicted octanol–water partition coefficient (Wildman–Crippen LogP) is -1.06. The third-order valence-corrected chi connectivity index (χ3v) is 1.69. The van der Waals surface area contributed by atoms with Crippen molar-refractivity contribution in [3.05, 3.63) is 12.7 Å². The summed E-state index contributed by atoms with van der Waals surface area (Å²) < 4.78 is 0. The Labute approximate surface area is 89.3 Å². The quantitative estimate of drug-likeness (QED) is 0.321. The molecular weight excluding hydrogens is 196 g/mol. The Morgan fingerprint density at radius 1 is 1.40 bits per heavy atom. The van der Waals surface area contributed by atoms with Gasteiger partial charge in [0.1, 0.15) is 0 Å². The lowest BCUT2D eigenvalue weighted by molar-refractivity contribution is -0.122. The molecule has 0 aliphatic carbocycles. The molecule has 6 nitrogen and oxygen atoms in total. The van der Waals surface area contributed by atoms with Crippen LogP contribution in [0.3, 0.4) is 0 Å². The number of nitrogens with one attached hydrogen (secondary N) is 3. The smallest absolute Gasteiger partial charge is 0.312 e. The van der Waals surface area contributed by atoms with Gasteiger partial charge in [-0.25, -0.2) is 4.79 Å². The van der Waals surface area contributed by atoms with Crippen LogP contribution >= 0.6 is 0 Å². The minimum absolute atomic E-state index is 0.103. The van der Waals surface area contributed by atoms with Crippen molar-refractivity contribution in [1.29, 1.82) is 0 Å². The zero-order valence-corrected chi connectivity index (χ0v) is 8.88. The van der Waals surface area contributed by atoms with Gasteiger partial charge >= 0.3 is 6.03 Å². The molecule has 0 fully saturated rings. The monoisotopic (exact) mass is 214 g/mol. The number of hydrogen-bond donors (Lipinski definition) is 4. The van der Waals surface area contributed by atoms with Crippen molar-refractivity contribution < 1.29 is 9.59 Å². The minimum Gasteiger partial charge on any atom is -0.352 e. The summed E-state index contributed by atoms with van der Waals surface area (Å²) in [5.41, 5.74) is 4.87. The van der Waals surface area contributed by atoms with Crippen molar-refractivity contribution in [2.24, 2.45) is 5.73 Å². The van der Waals surface area contributed by atoms with E-state index in [-0.39, 0.29) is 11.9 Å². The fourth-order valence-corrected chi connectivity index (χ4v) is 0.893. The molecule has 1 atom stereocenters. The van der Waals surface area contributed by atoms with Crippen molar-refractivity contribution in [1.82, 2.24) is 16.0 Å². The van der Waals surface area contributed by atoms with E-state index in [2.05, 4.69) is 22.5 Å². The molecule has 1 unspecified atom stereocenters. The van der Waals surface area contributed by atoms with E-state index < -0.39 is 6.03 Å². The van der Waals surface area contributed by atoms with E-state index >= 15 is 0 Å². The van der Waals surface area contributed by atoms with E-state index in [1.54, 1.807) is 13.0 Å². The first-order valence-corrected chi connectivity index (χ1v) is 4.73. The lowest BCUT2D eigenvalue weighted by Crippen LogP contribution is -2.45. The number of rotatable bonds is 7. The Balaban J connectivity index is 3.54. The van der Waals surface area contributed by atoms with Gasteiger partial charge in [-0.15, -0.1) is 6.58 Å². The molecule has 0 saturated heterocycles. The van der Waals surface area contributed by atoms with E-state index in [1.165, 1.54) is 0 Å². The first kappa shape index (κ1) is 13.4. The minimum atomic E-state index is -0.569. The van der Waals surface area contributed by atoms with Crippen molar-refractivity contribution in [3.8, 4) is 0 Å². The molecule has 5 N–H and O–H groups in total. The number of nitrogens with two attached hydrogens (primary N) is 1. The van der Waals surface area contributed by atoms with Crippen molar-refractivity contribution in [2.45, 2.75) is 13.0 Å². The molecule has 0 saturated carbocycles. The maximum Gasteiger partial charge on any atom is 0.312 e. The fourth-order valence-electron chi connectivity index (χ4n) is 0.893. The third kappa shape index (κ3) is 7.51. The average molecular weight is 214 g/mol. The van der Waals surface area contributed by atoms with E-state index in [0.29, 0.717) is 19.6 Å². The van der Waals surface area contributed by atoms with Gasteiger partial charge in [0.05, 0.1) is 6.04 Å². The van der Waals surface area contributed by atoms with Crippen LogP contribution in [0.25, 0.3) is 0 Å². The summed E-state index contributed by atoms with van der Waals surface area (Å²) >= 11 is 0. The highest BCUT2D eigenvalue weighted by molar-refractivity contribution is 5.81. The van der Waals surface area contributed by atoms with E-state index in [9.17, 15) is 9.59 Å². The fraction of sp³-hybridized carbons (Fsp3) is 0.556. The molecule has 0 spiro atoms. The molecule has 6 heteroatoms. The molecule has 3 amide bonds. The summed E-state index contributed by atoms with van der Waals surface area (Å²) in [6, 6.07) is -0.875. The Bertz CT molecular complexity index is 230. The summed E-state index contributed by atoms with van der Waals surface area (Å²) in [6.07, 6.45) is 1.61. The molecule has 0 bridgehead atoms. The first-order valence-electron chi connectivity index (χ1n) is 4.73. The molecule has 86 valence electrons. The number of carbonyl (C=O) groups is 2. The maximum atomic E-state index is 11.3. The van der Waals surface area contributed by atoms with Gasteiger partial charge in [-0.3, -0.25) is 4.79 Å². The molecule has 15 heavy (non-hydrogen) atoms. The van der Waals surface area contributed by atoms with Crippen LogP contribution in [-0.4, -0.2) is 37.6 Å². The van der Waals surface area contributed by atoms with Crippen molar-refractivity contribution >= 4 is 11.9 Å². The van der Waals surface area contributed by atoms with Gasteiger partial charge in [0.2, 0.25) is 5.91 Å². The molecule has 0 radical (unpaired) electrons. The van der Waals surface area contributed by atoms with Gasteiger partial charge in [-0.2, -0.15) is 0 Å². The number of carbonyl (C=O) groups excluding carboxylic acids is 2. The topological polar surface area (TPSA) is 96.2 Å². The summed E-state index contributed by atoms with van der Waals surface area (Å²) in [7, 11) is 0. The Kier molecular flexibility index (Phi) is 7.00. The van der Waals surface area contributed by atoms with Gasteiger partial charge in [0.15, 0.2) is 0 Å². The van der Waals surface area contributed by atoms with Gasteiger partial charge in [-0.05, 0) is 6.92 Å². The largest absolute Gasteiger partial charge is 0.352 e. The number of hydrogen-bond acceptors (Lipinski definition) is 3. The molecule has 0 aliphatic heterocycles. The molecule has 0 aromatic heterocycles. The Morgan fingerprint density at radius 2 is 2.07 bits per heavy atom. The predicted molar refractivity (Wildman–Crippen MR) is 58.3 cm³/mol. The first-order chi connectivity index (χ1) is 7.07. The van der Waals surface area contributed by atoms with Crippen LogP contribution in [0.15, 0.2) is 12.7 Å². The molecule has 0 aromatic rings. The Morgan fingerprint density at radius 3 is 2.60 bits per heavy atom. The average Bonchev–Trinajstić information content (AvgIpc) is 2.20. The Hall–Kier alpha value is -1.56. The SMILES string of the molecule is C=CCNC(=O)C(C)NCCNC(N)=O. The summed E-state index contributed by atoms with van der Waals surface area (Å²) in [5, 5.41) is 7.99. The highest BCUT2D eigenvalue weighted by atomic mass is 16.2. The lowest BCUT2D eigenvalue weighted by atomic mass is 10.3. The van der Waals surface area contributed by atoms with E-state index in [0.717, 1.165) is 0 Å². The number of urea groups is 1. The van der Waals surface area contributed by atoms with Crippen LogP contribution in [0.4, 0.5) is 4.79 Å². The molecule has 0 rings (SSSR count). The van der Waals surface area contributed by atoms with E-state index in [1.807, 2.05) is 0 Å². The van der Waals surface area contributed by atoms with Crippen LogP contribution < -0.4 is 21.7 Å². The van der Waals surface area contributed by atoms with Gasteiger partial charge in [0, 0.05) is 19.6 Å². The van der Waals surface area contributed by atoms with Gasteiger partial charge in [0.25, 0.3) is 0 Å². The molecule has 0 aliphatic rings. The van der Waals surface area contributed by atoms with Gasteiger partial charge in [-0.1, -0.05) is 6.08 Å². The normalized spacial score (nSPS) is 11.5. The second kappa shape index (κ2) is 7.81. The third-order valence-electron chi connectivity index (χ3n) is 1.69. The summed E-state index contributed by atoms with van der Waals surface area (Å²) in [4.78, 5) is 21.6. The summed E-state index contributed by atoms with van der Waals surface area (Å²) in [6.45, 7) is 6.57. The highest BCUT2D eigenvalue weighted by Gasteiger charge is 2.09. The zero-order chi connectivity index (χ0) is 11.7. The summed E-state index contributed by atoms with van der Waals surface area (Å²) in [5.74, 6) is -0.103. The second-order valence-corrected chi connectivity index (χ2v) is 3.00. The standard InChI is InChI=1S/C9H18N4O2/c1-3-4-12-8(14)7(2)11-5-6-13-9(10)15/h3,7,11H,1,4-6H2,2H3,(H,12,14)(H3,10,13,15). The molecular formula is C9H18N4O2. The van der Waals surface area contributed by atoms with E-state index in [4.69, 9.17) is 5.73 Å². The molecule has 0 heterocycles. The van der Waals surface area contributed by atoms with Crippen LogP contribution in [0.2, 0.25) is 0 Å². The van der Waals surface area contributed by atoms with Crippen LogP contribution in [-0.2, 0) is 4.79 Å². The second-order valence-electron chi connectivity index (χ2n) is 3.00. The van der Waals surface area contributed by atoms with Crippen LogP contribution in [0, 0.1) is 0 Å². The number of amides is 3. The highest BCUT2D eigenvalue weighted by Crippen LogP contribution is 1.80. The molecule has 0 aromatic carbocycles. The van der Waals surface area contributed by atoms with Gasteiger partial charge < -0.3 is 21.7 Å². The number of primary amides is 1. The lowest BCUT2D eigenvalue weighted by Gasteiger charge is -2.13. The van der Waals surface area contributed by atoms with Crippen molar-refractivity contribution in [2.75, 3.05) is 19.6 Å². The maximum absolute atomic E-state index is 11.3. The zero-order valence-electron chi connectivity index (χ0n) is 8.88. The van der Waals surface area contributed by atoms with Crippen LogP contribution in [0.1, 0.15) is 6.92 Å². The van der Waals surface area contributed by atoms with Crippen LogP contribution in [0.5, 0.6) is 0 Å².